The first-order valence-corrected chi connectivity index (χ1v) is 5.06. The number of anilines is 1. The molecule has 0 saturated heterocycles. The van der Waals surface area contributed by atoms with E-state index in [-0.39, 0.29) is 5.75 Å². The van der Waals surface area contributed by atoms with Crippen molar-refractivity contribution >= 4 is 5.69 Å². The highest BCUT2D eigenvalue weighted by Crippen LogP contribution is 2.24. The van der Waals surface area contributed by atoms with Crippen molar-refractivity contribution in [3.8, 4) is 16.9 Å². The van der Waals surface area contributed by atoms with E-state index in [1.807, 2.05) is 18.2 Å². The van der Waals surface area contributed by atoms with Crippen LogP contribution in [0.15, 0.2) is 48.5 Å². The van der Waals surface area contributed by atoms with Crippen molar-refractivity contribution in [2.45, 2.75) is 6.61 Å². The topological polar surface area (TPSA) is 35.2 Å². The highest BCUT2D eigenvalue weighted by Gasteiger charge is 2.04. The van der Waals surface area contributed by atoms with E-state index >= 15 is 0 Å². The average Bonchev–Trinajstić information content (AvgIpc) is 2.29. The van der Waals surface area contributed by atoms with Gasteiger partial charge in [0.1, 0.15) is 5.75 Å². The van der Waals surface area contributed by atoms with Crippen LogP contribution in [0.4, 0.5) is 14.5 Å². The van der Waals surface area contributed by atoms with Gasteiger partial charge in [0.25, 0.3) is 0 Å². The van der Waals surface area contributed by atoms with E-state index in [1.54, 1.807) is 18.2 Å². The third-order valence-corrected chi connectivity index (χ3v) is 2.30. The molecule has 0 aliphatic rings. The first-order chi connectivity index (χ1) is 8.15. The predicted molar refractivity (Wildman–Crippen MR) is 62.9 cm³/mol. The van der Waals surface area contributed by atoms with Gasteiger partial charge in [-0.05, 0) is 35.4 Å². The Labute approximate surface area is 97.6 Å². The van der Waals surface area contributed by atoms with E-state index in [9.17, 15) is 8.78 Å². The van der Waals surface area contributed by atoms with E-state index in [0.29, 0.717) is 5.69 Å². The second-order valence-electron chi connectivity index (χ2n) is 3.53. The van der Waals surface area contributed by atoms with E-state index < -0.39 is 6.61 Å². The summed E-state index contributed by atoms with van der Waals surface area (Å²) < 4.78 is 28.2. The fraction of sp³-hybridized carbons (Fsp3) is 0.0769. The zero-order valence-corrected chi connectivity index (χ0v) is 8.94. The Morgan fingerprint density at radius 3 is 2.24 bits per heavy atom. The van der Waals surface area contributed by atoms with Gasteiger partial charge in [-0.2, -0.15) is 8.78 Å². The molecule has 2 rings (SSSR count). The fourth-order valence-corrected chi connectivity index (χ4v) is 1.55. The average molecular weight is 235 g/mol. The van der Waals surface area contributed by atoms with Crippen molar-refractivity contribution in [3.05, 3.63) is 48.5 Å². The van der Waals surface area contributed by atoms with Crippen LogP contribution in [0, 0.1) is 0 Å². The molecule has 0 aliphatic carbocycles. The summed E-state index contributed by atoms with van der Waals surface area (Å²) in [4.78, 5) is 0. The van der Waals surface area contributed by atoms with Gasteiger partial charge < -0.3 is 10.5 Å². The third kappa shape index (κ3) is 2.93. The Hall–Kier alpha value is -2.10. The molecule has 0 aromatic heterocycles. The summed E-state index contributed by atoms with van der Waals surface area (Å²) in [6.07, 6.45) is 0. The molecule has 0 heterocycles. The normalized spacial score (nSPS) is 10.5. The van der Waals surface area contributed by atoms with Crippen molar-refractivity contribution in [2.75, 3.05) is 5.73 Å². The number of hydrogen-bond donors (Lipinski definition) is 1. The molecule has 0 saturated carbocycles. The minimum atomic E-state index is -2.80. The van der Waals surface area contributed by atoms with Crippen LogP contribution in [-0.4, -0.2) is 6.61 Å². The molecule has 0 amide bonds. The molecule has 0 radical (unpaired) electrons. The minimum Gasteiger partial charge on any atom is -0.435 e. The molecule has 0 aliphatic heterocycles. The first kappa shape index (κ1) is 11.4. The second kappa shape index (κ2) is 4.82. The van der Waals surface area contributed by atoms with E-state index in [4.69, 9.17) is 5.73 Å². The van der Waals surface area contributed by atoms with E-state index in [2.05, 4.69) is 4.74 Å². The monoisotopic (exact) mass is 235 g/mol. The smallest absolute Gasteiger partial charge is 0.387 e. The summed E-state index contributed by atoms with van der Waals surface area (Å²) in [5, 5.41) is 0. The largest absolute Gasteiger partial charge is 0.435 e. The Bertz CT molecular complexity index is 497. The van der Waals surface area contributed by atoms with Gasteiger partial charge in [0.15, 0.2) is 0 Å². The van der Waals surface area contributed by atoms with E-state index in [1.165, 1.54) is 12.1 Å². The number of halogens is 2. The molecule has 2 N–H and O–H groups in total. The molecule has 0 fully saturated rings. The summed E-state index contributed by atoms with van der Waals surface area (Å²) in [6, 6.07) is 13.8. The summed E-state index contributed by atoms with van der Waals surface area (Å²) in [5.74, 6) is 0.146. The van der Waals surface area contributed by atoms with Crippen LogP contribution in [-0.2, 0) is 0 Å². The van der Waals surface area contributed by atoms with Crippen molar-refractivity contribution in [1.82, 2.24) is 0 Å². The van der Waals surface area contributed by atoms with Crippen LogP contribution in [0.3, 0.4) is 0 Å². The first-order valence-electron chi connectivity index (χ1n) is 5.06. The maximum absolute atomic E-state index is 12.0. The minimum absolute atomic E-state index is 0.146. The zero-order valence-electron chi connectivity index (χ0n) is 8.94. The highest BCUT2D eigenvalue weighted by molar-refractivity contribution is 5.67. The molecular formula is C13H11F2NO. The number of benzene rings is 2. The standard InChI is InChI=1S/C13H11F2NO/c14-13(15)17-12-6-4-9(5-7-12)10-2-1-3-11(16)8-10/h1-8,13H,16H2. The molecular weight excluding hydrogens is 224 g/mol. The van der Waals surface area contributed by atoms with Crippen LogP contribution in [0.1, 0.15) is 0 Å². The highest BCUT2D eigenvalue weighted by atomic mass is 19.3. The number of alkyl halides is 2. The SMILES string of the molecule is Nc1cccc(-c2ccc(OC(F)F)cc2)c1. The number of nitrogen functional groups attached to an aromatic ring is 1. The van der Waals surface area contributed by atoms with Gasteiger partial charge in [-0.3, -0.25) is 0 Å². The molecule has 4 heteroatoms. The number of ether oxygens (including phenoxy) is 1. The lowest BCUT2D eigenvalue weighted by Gasteiger charge is -2.06. The maximum atomic E-state index is 12.0. The van der Waals surface area contributed by atoms with Crippen LogP contribution >= 0.6 is 0 Å². The zero-order chi connectivity index (χ0) is 12.3. The fourth-order valence-electron chi connectivity index (χ4n) is 1.55. The van der Waals surface area contributed by atoms with Crippen LogP contribution in [0.25, 0.3) is 11.1 Å². The predicted octanol–water partition coefficient (Wildman–Crippen LogP) is 3.54. The molecule has 17 heavy (non-hydrogen) atoms. The van der Waals surface area contributed by atoms with Gasteiger partial charge in [0, 0.05) is 5.69 Å². The van der Waals surface area contributed by atoms with Gasteiger partial charge >= 0.3 is 6.61 Å². The van der Waals surface area contributed by atoms with Gasteiger partial charge in [-0.25, -0.2) is 0 Å². The molecule has 0 bridgehead atoms. The number of hydrogen-bond acceptors (Lipinski definition) is 2. The lowest BCUT2D eigenvalue weighted by atomic mass is 10.1. The van der Waals surface area contributed by atoms with Crippen LogP contribution < -0.4 is 10.5 Å². The lowest BCUT2D eigenvalue weighted by molar-refractivity contribution is -0.0498. The van der Waals surface area contributed by atoms with Gasteiger partial charge in [0.2, 0.25) is 0 Å². The van der Waals surface area contributed by atoms with Crippen molar-refractivity contribution in [2.24, 2.45) is 0 Å². The summed E-state index contributed by atoms with van der Waals surface area (Å²) in [7, 11) is 0. The van der Waals surface area contributed by atoms with Gasteiger partial charge in [0.05, 0.1) is 0 Å². The number of rotatable bonds is 3. The van der Waals surface area contributed by atoms with Crippen molar-refractivity contribution in [1.29, 1.82) is 0 Å². The maximum Gasteiger partial charge on any atom is 0.387 e. The number of nitrogens with two attached hydrogens (primary N) is 1. The summed E-state index contributed by atoms with van der Waals surface area (Å²) in [5.41, 5.74) is 8.17. The van der Waals surface area contributed by atoms with Gasteiger partial charge in [-0.1, -0.05) is 24.3 Å². The molecule has 2 nitrogen and oxygen atoms in total. The Morgan fingerprint density at radius 1 is 0.941 bits per heavy atom. The van der Waals surface area contributed by atoms with E-state index in [0.717, 1.165) is 11.1 Å². The Morgan fingerprint density at radius 2 is 1.65 bits per heavy atom. The Kier molecular flexibility index (Phi) is 3.23. The summed E-state index contributed by atoms with van der Waals surface area (Å²) >= 11 is 0. The quantitative estimate of drug-likeness (QED) is 0.826. The Balaban J connectivity index is 2.23. The molecule has 0 spiro atoms. The second-order valence-corrected chi connectivity index (χ2v) is 3.53. The van der Waals surface area contributed by atoms with Crippen LogP contribution in [0.2, 0.25) is 0 Å². The third-order valence-electron chi connectivity index (χ3n) is 2.30. The van der Waals surface area contributed by atoms with Crippen molar-refractivity contribution in [3.63, 3.8) is 0 Å². The molecule has 88 valence electrons. The molecule has 2 aromatic rings. The van der Waals surface area contributed by atoms with Gasteiger partial charge in [-0.15, -0.1) is 0 Å². The lowest BCUT2D eigenvalue weighted by Crippen LogP contribution is -2.01. The molecule has 0 unspecified atom stereocenters. The van der Waals surface area contributed by atoms with Crippen LogP contribution in [0.5, 0.6) is 5.75 Å². The van der Waals surface area contributed by atoms with Crippen molar-refractivity contribution < 1.29 is 13.5 Å². The molecule has 2 aromatic carbocycles. The summed E-state index contributed by atoms with van der Waals surface area (Å²) in [6.45, 7) is -2.80. The molecule has 0 atom stereocenters.